The van der Waals surface area contributed by atoms with Crippen LogP contribution in [-0.2, 0) is 9.59 Å². The topological polar surface area (TPSA) is 120 Å². The number of nitrogen functional groups attached to an aromatic ring is 1. The van der Waals surface area contributed by atoms with Gasteiger partial charge in [-0.05, 0) is 37.1 Å². The standard InChI is InChI=1S/C19H25FN6O2S/c20-14-6-8-15(9-7-14)25(11-10-16(21)27)17(28)12-29-19-24-23-18(26(19)22)13-4-2-1-3-5-13/h6-9,13H,1-5,10-12,22H2,(H2,21,27). The van der Waals surface area contributed by atoms with Gasteiger partial charge >= 0.3 is 0 Å². The smallest absolute Gasteiger partial charge is 0.237 e. The fraction of sp³-hybridized carbons (Fsp3) is 0.474. The highest BCUT2D eigenvalue weighted by Gasteiger charge is 2.24. The van der Waals surface area contributed by atoms with Crippen LogP contribution in [0.1, 0.15) is 50.3 Å². The normalized spacial score (nSPS) is 14.7. The number of nitrogens with two attached hydrogens (primary N) is 2. The molecule has 0 bridgehead atoms. The molecule has 1 fully saturated rings. The van der Waals surface area contributed by atoms with Crippen molar-refractivity contribution in [3.05, 3.63) is 35.9 Å². The van der Waals surface area contributed by atoms with Gasteiger partial charge in [0.15, 0.2) is 5.82 Å². The molecule has 2 aromatic rings. The Morgan fingerprint density at radius 3 is 2.52 bits per heavy atom. The lowest BCUT2D eigenvalue weighted by molar-refractivity contribution is -0.118. The second kappa shape index (κ2) is 9.73. The van der Waals surface area contributed by atoms with E-state index in [0.717, 1.165) is 31.5 Å². The van der Waals surface area contributed by atoms with Crippen LogP contribution in [0.25, 0.3) is 0 Å². The zero-order chi connectivity index (χ0) is 20.8. The Kier molecular flexibility index (Phi) is 7.08. The van der Waals surface area contributed by atoms with Gasteiger partial charge < -0.3 is 16.5 Å². The third-order valence-electron chi connectivity index (χ3n) is 5.01. The summed E-state index contributed by atoms with van der Waals surface area (Å²) in [6.07, 6.45) is 5.65. The number of anilines is 1. The number of halogens is 1. The molecule has 2 amide bonds. The van der Waals surface area contributed by atoms with Gasteiger partial charge in [0.1, 0.15) is 5.82 Å². The SMILES string of the molecule is NC(=O)CCN(C(=O)CSc1nnc(C2CCCCC2)n1N)c1ccc(F)cc1. The first-order chi connectivity index (χ1) is 14.0. The van der Waals surface area contributed by atoms with E-state index in [-0.39, 0.29) is 24.6 Å². The van der Waals surface area contributed by atoms with Crippen molar-refractivity contribution in [3.8, 4) is 0 Å². The van der Waals surface area contributed by atoms with Crippen LogP contribution >= 0.6 is 11.8 Å². The number of benzene rings is 1. The number of nitrogens with zero attached hydrogens (tertiary/aromatic N) is 4. The van der Waals surface area contributed by atoms with Crippen LogP contribution in [0.2, 0.25) is 0 Å². The average molecular weight is 421 g/mol. The van der Waals surface area contributed by atoms with Gasteiger partial charge in [-0.15, -0.1) is 10.2 Å². The first kappa shape index (κ1) is 21.1. The van der Waals surface area contributed by atoms with Crippen molar-refractivity contribution in [2.45, 2.75) is 49.6 Å². The van der Waals surface area contributed by atoms with Gasteiger partial charge in [-0.25, -0.2) is 9.07 Å². The van der Waals surface area contributed by atoms with Crippen molar-refractivity contribution >= 4 is 29.3 Å². The average Bonchev–Trinajstić information content (AvgIpc) is 3.08. The Hall–Kier alpha value is -2.62. The van der Waals surface area contributed by atoms with E-state index in [4.69, 9.17) is 11.6 Å². The molecular weight excluding hydrogens is 395 g/mol. The summed E-state index contributed by atoms with van der Waals surface area (Å²) in [6.45, 7) is 0.114. The van der Waals surface area contributed by atoms with Gasteiger partial charge in [-0.2, -0.15) is 0 Å². The van der Waals surface area contributed by atoms with E-state index < -0.39 is 11.7 Å². The summed E-state index contributed by atoms with van der Waals surface area (Å²) in [4.78, 5) is 25.4. The van der Waals surface area contributed by atoms with Crippen molar-refractivity contribution in [2.24, 2.45) is 5.73 Å². The van der Waals surface area contributed by atoms with Crippen LogP contribution in [0.4, 0.5) is 10.1 Å². The summed E-state index contributed by atoms with van der Waals surface area (Å²) in [7, 11) is 0. The monoisotopic (exact) mass is 420 g/mol. The summed E-state index contributed by atoms with van der Waals surface area (Å²) in [5, 5.41) is 8.83. The van der Waals surface area contributed by atoms with E-state index in [1.54, 1.807) is 0 Å². The third-order valence-corrected chi connectivity index (χ3v) is 5.93. The zero-order valence-electron chi connectivity index (χ0n) is 16.1. The molecular formula is C19H25FN6O2S. The molecule has 1 aliphatic carbocycles. The lowest BCUT2D eigenvalue weighted by atomic mass is 9.89. The van der Waals surface area contributed by atoms with Crippen LogP contribution in [-0.4, -0.2) is 39.0 Å². The Morgan fingerprint density at radius 1 is 1.17 bits per heavy atom. The number of aromatic nitrogens is 3. The van der Waals surface area contributed by atoms with Crippen LogP contribution < -0.4 is 16.5 Å². The number of rotatable bonds is 8. The first-order valence-electron chi connectivity index (χ1n) is 9.63. The molecule has 4 N–H and O–H groups in total. The molecule has 0 spiro atoms. The van der Waals surface area contributed by atoms with Crippen molar-refractivity contribution < 1.29 is 14.0 Å². The summed E-state index contributed by atoms with van der Waals surface area (Å²) in [6, 6.07) is 5.51. The molecule has 1 aromatic heterocycles. The van der Waals surface area contributed by atoms with E-state index in [1.807, 2.05) is 0 Å². The number of carbonyl (C=O) groups excluding carboxylic acids is 2. The highest BCUT2D eigenvalue weighted by Crippen LogP contribution is 2.32. The number of amides is 2. The van der Waals surface area contributed by atoms with Crippen LogP contribution in [0, 0.1) is 5.82 Å². The fourth-order valence-electron chi connectivity index (χ4n) is 3.47. The fourth-order valence-corrected chi connectivity index (χ4v) is 4.21. The molecule has 0 aliphatic heterocycles. The first-order valence-corrected chi connectivity index (χ1v) is 10.6. The minimum Gasteiger partial charge on any atom is -0.370 e. The molecule has 0 atom stereocenters. The Balaban J connectivity index is 1.67. The zero-order valence-corrected chi connectivity index (χ0v) is 16.9. The third kappa shape index (κ3) is 5.47. The van der Waals surface area contributed by atoms with Crippen molar-refractivity contribution in [1.82, 2.24) is 14.9 Å². The molecule has 0 radical (unpaired) electrons. The van der Waals surface area contributed by atoms with Crippen molar-refractivity contribution in [3.63, 3.8) is 0 Å². The molecule has 156 valence electrons. The number of carbonyl (C=O) groups is 2. The maximum Gasteiger partial charge on any atom is 0.237 e. The van der Waals surface area contributed by atoms with Crippen molar-refractivity contribution in [2.75, 3.05) is 23.0 Å². The molecule has 1 aromatic carbocycles. The van der Waals surface area contributed by atoms with Crippen LogP contribution in [0.5, 0.6) is 0 Å². The molecule has 3 rings (SSSR count). The van der Waals surface area contributed by atoms with Crippen molar-refractivity contribution in [1.29, 1.82) is 0 Å². The number of primary amides is 1. The molecule has 1 saturated carbocycles. The molecule has 10 heteroatoms. The second-order valence-electron chi connectivity index (χ2n) is 7.07. The quantitative estimate of drug-likeness (QED) is 0.499. The van der Waals surface area contributed by atoms with Gasteiger partial charge in [0, 0.05) is 24.6 Å². The predicted octanol–water partition coefficient (Wildman–Crippen LogP) is 2.18. The lowest BCUT2D eigenvalue weighted by Gasteiger charge is -2.22. The Bertz CT molecular complexity index is 851. The van der Waals surface area contributed by atoms with E-state index >= 15 is 0 Å². The highest BCUT2D eigenvalue weighted by atomic mass is 32.2. The number of hydrogen-bond donors (Lipinski definition) is 2. The highest BCUT2D eigenvalue weighted by molar-refractivity contribution is 7.99. The van der Waals surface area contributed by atoms with E-state index in [9.17, 15) is 14.0 Å². The molecule has 0 unspecified atom stereocenters. The molecule has 0 saturated heterocycles. The Morgan fingerprint density at radius 2 is 1.86 bits per heavy atom. The van der Waals surface area contributed by atoms with Gasteiger partial charge in [-0.1, -0.05) is 31.0 Å². The van der Waals surface area contributed by atoms with Crippen LogP contribution in [0.15, 0.2) is 29.4 Å². The van der Waals surface area contributed by atoms with E-state index in [0.29, 0.717) is 16.8 Å². The summed E-state index contributed by atoms with van der Waals surface area (Å²) < 4.78 is 14.7. The lowest BCUT2D eigenvalue weighted by Crippen LogP contribution is -2.35. The van der Waals surface area contributed by atoms with E-state index in [2.05, 4.69) is 10.2 Å². The van der Waals surface area contributed by atoms with Crippen LogP contribution in [0.3, 0.4) is 0 Å². The number of hydrogen-bond acceptors (Lipinski definition) is 6. The van der Waals surface area contributed by atoms with Gasteiger partial charge in [0.2, 0.25) is 17.0 Å². The number of thioether (sulfide) groups is 1. The maximum atomic E-state index is 13.2. The maximum absolute atomic E-state index is 13.2. The minimum atomic E-state index is -0.517. The van der Waals surface area contributed by atoms with Gasteiger partial charge in [0.05, 0.1) is 5.75 Å². The molecule has 1 aliphatic rings. The molecule has 1 heterocycles. The van der Waals surface area contributed by atoms with Gasteiger partial charge in [0.25, 0.3) is 0 Å². The van der Waals surface area contributed by atoms with Gasteiger partial charge in [-0.3, -0.25) is 9.59 Å². The second-order valence-corrected chi connectivity index (χ2v) is 8.01. The summed E-state index contributed by atoms with van der Waals surface area (Å²) in [5.41, 5.74) is 5.72. The summed E-state index contributed by atoms with van der Waals surface area (Å²) in [5.74, 6) is 6.09. The Labute approximate surface area is 172 Å². The van der Waals surface area contributed by atoms with E-state index in [1.165, 1.54) is 52.0 Å². The molecule has 8 nitrogen and oxygen atoms in total. The molecule has 29 heavy (non-hydrogen) atoms. The minimum absolute atomic E-state index is 0.00663. The summed E-state index contributed by atoms with van der Waals surface area (Å²) >= 11 is 1.18. The predicted molar refractivity (Wildman–Crippen MR) is 109 cm³/mol. The largest absolute Gasteiger partial charge is 0.370 e.